The van der Waals surface area contributed by atoms with E-state index in [9.17, 15) is 14.4 Å². The fourth-order valence-electron chi connectivity index (χ4n) is 8.55. The van der Waals surface area contributed by atoms with Crippen LogP contribution in [0.3, 0.4) is 0 Å². The predicted octanol–water partition coefficient (Wildman–Crippen LogP) is 20.0. The summed E-state index contributed by atoms with van der Waals surface area (Å²) < 4.78 is 16.7. The van der Waals surface area contributed by atoms with Gasteiger partial charge in [0.25, 0.3) is 0 Å². The summed E-state index contributed by atoms with van der Waals surface area (Å²) in [7, 11) is 0. The Morgan fingerprint density at radius 1 is 0.304 bits per heavy atom. The highest BCUT2D eigenvalue weighted by atomic mass is 16.6. The summed E-state index contributed by atoms with van der Waals surface area (Å²) in [5.41, 5.74) is 0. The lowest BCUT2D eigenvalue weighted by Gasteiger charge is -2.18. The summed E-state index contributed by atoms with van der Waals surface area (Å²) in [6.07, 6.45) is 72.7. The second-order valence-corrected chi connectivity index (χ2v) is 19.9. The third-order valence-corrected chi connectivity index (χ3v) is 13.0. The second-order valence-electron chi connectivity index (χ2n) is 19.9. The van der Waals surface area contributed by atoms with Gasteiger partial charge in [0, 0.05) is 19.3 Å². The van der Waals surface area contributed by atoms with Gasteiger partial charge in [0.05, 0.1) is 0 Å². The number of carbonyl (C=O) groups excluding carboxylic acids is 3. The lowest BCUT2D eigenvalue weighted by Crippen LogP contribution is -2.30. The van der Waals surface area contributed by atoms with Crippen LogP contribution in [-0.4, -0.2) is 37.2 Å². The average Bonchev–Trinajstić information content (AvgIpc) is 3.35. The number of hydrogen-bond donors (Lipinski definition) is 0. The molecule has 0 radical (unpaired) electrons. The van der Waals surface area contributed by atoms with Gasteiger partial charge in [0.2, 0.25) is 0 Å². The predicted molar refractivity (Wildman–Crippen MR) is 298 cm³/mol. The van der Waals surface area contributed by atoms with Gasteiger partial charge in [-0.05, 0) is 83.5 Å². The topological polar surface area (TPSA) is 78.9 Å². The van der Waals surface area contributed by atoms with Crippen LogP contribution < -0.4 is 0 Å². The monoisotopic (exact) mass is 965 g/mol. The Bertz CT molecular complexity index is 1250. The summed E-state index contributed by atoms with van der Waals surface area (Å²) >= 11 is 0. The van der Waals surface area contributed by atoms with Gasteiger partial charge >= 0.3 is 17.9 Å². The molecule has 0 heterocycles. The van der Waals surface area contributed by atoms with E-state index < -0.39 is 6.10 Å². The van der Waals surface area contributed by atoms with Crippen LogP contribution in [0.15, 0.2) is 60.8 Å². The lowest BCUT2D eigenvalue weighted by molar-refractivity contribution is -0.167. The fraction of sp³-hybridized carbons (Fsp3) is 0.794. The van der Waals surface area contributed by atoms with Crippen molar-refractivity contribution < 1.29 is 28.6 Å². The standard InChI is InChI=1S/C63H112O6/c1-4-7-10-13-16-18-20-22-24-25-26-27-28-29-30-31-32-33-34-35-36-37-39-40-42-44-47-50-53-56-62(65)68-59-60(58-67-61(64)55-52-49-46-15-12-9-6-3)69-63(66)57-54-51-48-45-43-41-38-23-21-19-17-14-11-8-5-2/h8,11,17,19,23,25-26,38,43,45,60H,4-7,9-10,12-16,18,20-22,24,27-37,39-42,44,46-59H2,1-3H3/b11-8-,19-17-,26-25-,38-23-,45-43-. The molecule has 0 N–H and O–H groups in total. The average molecular weight is 966 g/mol. The van der Waals surface area contributed by atoms with Crippen molar-refractivity contribution in [2.24, 2.45) is 0 Å². The Morgan fingerprint density at radius 2 is 0.565 bits per heavy atom. The second kappa shape index (κ2) is 57.7. The molecule has 0 aliphatic carbocycles. The van der Waals surface area contributed by atoms with E-state index in [1.807, 2.05) is 0 Å². The largest absolute Gasteiger partial charge is 0.462 e. The van der Waals surface area contributed by atoms with E-state index in [1.54, 1.807) is 0 Å². The highest BCUT2D eigenvalue weighted by Gasteiger charge is 2.19. The molecular weight excluding hydrogens is 853 g/mol. The van der Waals surface area contributed by atoms with Gasteiger partial charge in [0.15, 0.2) is 6.10 Å². The van der Waals surface area contributed by atoms with Crippen molar-refractivity contribution in [2.45, 2.75) is 309 Å². The summed E-state index contributed by atoms with van der Waals surface area (Å²) in [5.74, 6) is -0.928. The normalized spacial score (nSPS) is 12.4. The van der Waals surface area contributed by atoms with Gasteiger partial charge in [-0.25, -0.2) is 0 Å². The zero-order chi connectivity index (χ0) is 50.0. The maximum Gasteiger partial charge on any atom is 0.306 e. The summed E-state index contributed by atoms with van der Waals surface area (Å²) in [6.45, 7) is 6.47. The van der Waals surface area contributed by atoms with Crippen molar-refractivity contribution in [3.8, 4) is 0 Å². The van der Waals surface area contributed by atoms with Crippen molar-refractivity contribution in [1.29, 1.82) is 0 Å². The number of unbranched alkanes of at least 4 members (excludes halogenated alkanes) is 33. The van der Waals surface area contributed by atoms with E-state index in [1.165, 1.54) is 180 Å². The zero-order valence-electron chi connectivity index (χ0n) is 45.8. The minimum Gasteiger partial charge on any atom is -0.462 e. The molecule has 0 fully saturated rings. The fourth-order valence-corrected chi connectivity index (χ4v) is 8.55. The minimum atomic E-state index is -0.791. The van der Waals surface area contributed by atoms with E-state index >= 15 is 0 Å². The zero-order valence-corrected chi connectivity index (χ0v) is 45.8. The van der Waals surface area contributed by atoms with Crippen LogP contribution in [0.2, 0.25) is 0 Å². The van der Waals surface area contributed by atoms with Crippen LogP contribution in [0.4, 0.5) is 0 Å². The molecule has 0 aliphatic heterocycles. The molecule has 0 saturated heterocycles. The first-order chi connectivity index (χ1) is 34.0. The summed E-state index contributed by atoms with van der Waals surface area (Å²) in [5, 5.41) is 0. The highest BCUT2D eigenvalue weighted by Crippen LogP contribution is 2.16. The van der Waals surface area contributed by atoms with E-state index in [4.69, 9.17) is 14.2 Å². The molecule has 0 amide bonds. The highest BCUT2D eigenvalue weighted by molar-refractivity contribution is 5.71. The van der Waals surface area contributed by atoms with E-state index in [-0.39, 0.29) is 37.5 Å². The number of esters is 3. The number of ether oxygens (including phenoxy) is 3. The molecule has 0 bridgehead atoms. The van der Waals surface area contributed by atoms with Crippen LogP contribution in [0.1, 0.15) is 303 Å². The van der Waals surface area contributed by atoms with Gasteiger partial charge in [0.1, 0.15) is 13.2 Å². The first-order valence-corrected chi connectivity index (χ1v) is 29.8. The van der Waals surface area contributed by atoms with Gasteiger partial charge in [-0.2, -0.15) is 0 Å². The molecule has 400 valence electrons. The molecule has 1 atom stereocenters. The van der Waals surface area contributed by atoms with Gasteiger partial charge in [-0.3, -0.25) is 14.4 Å². The van der Waals surface area contributed by atoms with Crippen molar-refractivity contribution in [3.63, 3.8) is 0 Å². The molecule has 0 spiro atoms. The first-order valence-electron chi connectivity index (χ1n) is 29.8. The Kier molecular flexibility index (Phi) is 55.3. The molecule has 6 nitrogen and oxygen atoms in total. The minimum absolute atomic E-state index is 0.0883. The molecule has 6 heteroatoms. The van der Waals surface area contributed by atoms with E-state index in [0.717, 1.165) is 77.0 Å². The van der Waals surface area contributed by atoms with Crippen molar-refractivity contribution >= 4 is 17.9 Å². The summed E-state index contributed by atoms with van der Waals surface area (Å²) in [6, 6.07) is 0. The quantitative estimate of drug-likeness (QED) is 0.0262. The Hall–Kier alpha value is -2.89. The Balaban J connectivity index is 4.07. The number of allylic oxidation sites excluding steroid dienone is 10. The van der Waals surface area contributed by atoms with Crippen LogP contribution in [-0.2, 0) is 28.6 Å². The van der Waals surface area contributed by atoms with E-state index in [0.29, 0.717) is 19.3 Å². The lowest BCUT2D eigenvalue weighted by atomic mass is 10.0. The van der Waals surface area contributed by atoms with E-state index in [2.05, 4.69) is 81.5 Å². The third kappa shape index (κ3) is 55.9. The number of rotatable bonds is 54. The number of hydrogen-bond acceptors (Lipinski definition) is 6. The van der Waals surface area contributed by atoms with Crippen LogP contribution in [0.25, 0.3) is 0 Å². The SMILES string of the molecule is CC/C=C\C/C=C\C/C=C\C/C=C\CCCCC(=O)OC(COC(=O)CCCCCCCCC)COC(=O)CCCCCCCCCCCCCCCCCCC/C=C\CCCCCCCCCC. The molecule has 0 aromatic carbocycles. The Morgan fingerprint density at radius 3 is 0.928 bits per heavy atom. The van der Waals surface area contributed by atoms with Crippen LogP contribution >= 0.6 is 0 Å². The third-order valence-electron chi connectivity index (χ3n) is 13.0. The Labute approximate surface area is 428 Å². The molecule has 69 heavy (non-hydrogen) atoms. The molecule has 0 saturated carbocycles. The summed E-state index contributed by atoms with van der Waals surface area (Å²) in [4.78, 5) is 37.9. The van der Waals surface area contributed by atoms with Gasteiger partial charge in [-0.15, -0.1) is 0 Å². The first kappa shape index (κ1) is 66.1. The molecule has 0 aliphatic rings. The maximum atomic E-state index is 12.8. The van der Waals surface area contributed by atoms with Crippen LogP contribution in [0.5, 0.6) is 0 Å². The van der Waals surface area contributed by atoms with Crippen molar-refractivity contribution in [1.82, 2.24) is 0 Å². The molecule has 0 aromatic heterocycles. The van der Waals surface area contributed by atoms with Gasteiger partial charge < -0.3 is 14.2 Å². The van der Waals surface area contributed by atoms with Crippen molar-refractivity contribution in [2.75, 3.05) is 13.2 Å². The molecule has 0 rings (SSSR count). The smallest absolute Gasteiger partial charge is 0.306 e. The molecule has 1 unspecified atom stereocenters. The maximum absolute atomic E-state index is 12.8. The van der Waals surface area contributed by atoms with Gasteiger partial charge in [-0.1, -0.05) is 261 Å². The molecular formula is C63H112O6. The number of carbonyl (C=O) groups is 3. The van der Waals surface area contributed by atoms with Crippen LogP contribution in [0, 0.1) is 0 Å². The van der Waals surface area contributed by atoms with Crippen molar-refractivity contribution in [3.05, 3.63) is 60.8 Å². The molecule has 0 aromatic rings.